The summed E-state index contributed by atoms with van der Waals surface area (Å²) in [5, 5.41) is 6.71. The van der Waals surface area contributed by atoms with Crippen molar-refractivity contribution in [3.8, 4) is 11.1 Å². The van der Waals surface area contributed by atoms with Crippen LogP contribution in [-0.2, 0) is 5.41 Å². The number of hydrogen-bond donors (Lipinski definition) is 0. The van der Waals surface area contributed by atoms with Crippen LogP contribution >= 0.6 is 0 Å². The minimum Gasteiger partial charge on any atom is -0.456 e. The van der Waals surface area contributed by atoms with Crippen molar-refractivity contribution in [2.45, 2.75) is 91.5 Å². The summed E-state index contributed by atoms with van der Waals surface area (Å²) in [7, 11) is -2.42. The predicted molar refractivity (Wildman–Crippen MR) is 320 cm³/mol. The molecule has 1 heterocycles. The van der Waals surface area contributed by atoms with Gasteiger partial charge in [0.25, 0.3) is 0 Å². The van der Waals surface area contributed by atoms with E-state index >= 15 is 0 Å². The van der Waals surface area contributed by atoms with E-state index in [2.05, 4.69) is 248 Å². The molecule has 74 heavy (non-hydrogen) atoms. The first-order chi connectivity index (χ1) is 36.0. The third kappa shape index (κ3) is 8.33. The molecule has 2 unspecified atom stereocenters. The second kappa shape index (κ2) is 19.1. The fourth-order valence-electron chi connectivity index (χ4n) is 15.8. The molecule has 3 heteroatoms. The van der Waals surface area contributed by atoms with E-state index in [1.54, 1.807) is 0 Å². The minimum atomic E-state index is -2.42. The Labute approximate surface area is 441 Å². The van der Waals surface area contributed by atoms with Crippen LogP contribution in [0.3, 0.4) is 0 Å². The summed E-state index contributed by atoms with van der Waals surface area (Å²) in [5.41, 5.74) is 19.8. The highest BCUT2D eigenvalue weighted by atomic mass is 28.3. The molecule has 8 aromatic carbocycles. The Balaban J connectivity index is 0.868. The van der Waals surface area contributed by atoms with Gasteiger partial charge in [-0.2, -0.15) is 0 Å². The van der Waals surface area contributed by atoms with Crippen molar-refractivity contribution in [3.63, 3.8) is 0 Å². The van der Waals surface area contributed by atoms with Gasteiger partial charge in [-0.15, -0.1) is 0 Å². The Morgan fingerprint density at radius 2 is 1.05 bits per heavy atom. The Kier molecular flexibility index (Phi) is 12.4. The van der Waals surface area contributed by atoms with Gasteiger partial charge in [0, 0.05) is 10.8 Å². The highest BCUT2D eigenvalue weighted by molar-refractivity contribution is 7.11. The lowest BCUT2D eigenvalue weighted by molar-refractivity contribution is -0.0499. The summed E-state index contributed by atoms with van der Waals surface area (Å²) in [5.74, 6) is 1.48. The SMILES string of the molecule is C=C/C=C(\C=C/C[Si](c1ccccc1)(c1ccccc1)c1ccccc1)C12CC3CC(C1)CC(c1ccc(-c4ccc5oc6ccc(B(c7c(C)cc(C)cc7C)c7c(C)cc(C)cc7C)cc6c5c4)cc1)(C3)C2. The molecule has 2 atom stereocenters. The van der Waals surface area contributed by atoms with Gasteiger partial charge < -0.3 is 4.42 Å². The predicted octanol–water partition coefficient (Wildman–Crippen LogP) is 14.3. The lowest BCUT2D eigenvalue weighted by Crippen LogP contribution is -2.66. The molecule has 13 rings (SSSR count). The second-order valence-electron chi connectivity index (χ2n) is 23.2. The van der Waals surface area contributed by atoms with Crippen LogP contribution in [0.1, 0.15) is 77.5 Å². The van der Waals surface area contributed by atoms with Crippen LogP contribution in [0.5, 0.6) is 0 Å². The lowest BCUT2D eigenvalue weighted by atomic mass is 9.34. The van der Waals surface area contributed by atoms with Crippen LogP contribution in [-0.4, -0.2) is 14.8 Å². The van der Waals surface area contributed by atoms with Gasteiger partial charge in [-0.05, 0) is 165 Å². The maximum Gasteiger partial charge on any atom is 0.242 e. The molecule has 0 N–H and O–H groups in total. The van der Waals surface area contributed by atoms with E-state index in [-0.39, 0.29) is 17.5 Å². The molecule has 4 fully saturated rings. The molecule has 0 spiro atoms. The minimum absolute atomic E-state index is 0.101. The Hall–Kier alpha value is -6.94. The number of allylic oxidation sites excluding steroid dienone is 5. The van der Waals surface area contributed by atoms with E-state index in [1.165, 1.54) is 137 Å². The average molecular weight is 977 g/mol. The molecule has 4 bridgehead atoms. The molecular formula is C71H69BOSi. The van der Waals surface area contributed by atoms with Crippen LogP contribution in [0.15, 0.2) is 217 Å². The number of aryl methyl sites for hydroxylation is 6. The molecule has 9 aromatic rings. The number of rotatable bonds is 13. The van der Waals surface area contributed by atoms with Gasteiger partial charge in [0.2, 0.25) is 6.71 Å². The van der Waals surface area contributed by atoms with E-state index in [9.17, 15) is 0 Å². The molecule has 4 aliphatic carbocycles. The van der Waals surface area contributed by atoms with Crippen molar-refractivity contribution >= 4 is 68.7 Å². The largest absolute Gasteiger partial charge is 0.456 e. The number of benzene rings is 8. The number of furan rings is 1. The van der Waals surface area contributed by atoms with Gasteiger partial charge in [-0.25, -0.2) is 0 Å². The van der Waals surface area contributed by atoms with Crippen LogP contribution in [0.2, 0.25) is 6.04 Å². The van der Waals surface area contributed by atoms with Gasteiger partial charge in [-0.1, -0.05) is 238 Å². The van der Waals surface area contributed by atoms with E-state index < -0.39 is 8.07 Å². The third-order valence-corrected chi connectivity index (χ3v) is 23.0. The topological polar surface area (TPSA) is 13.1 Å². The molecule has 0 radical (unpaired) electrons. The third-order valence-electron chi connectivity index (χ3n) is 18.2. The van der Waals surface area contributed by atoms with Crippen LogP contribution < -0.4 is 31.9 Å². The van der Waals surface area contributed by atoms with Gasteiger partial charge >= 0.3 is 0 Å². The molecule has 0 saturated heterocycles. The van der Waals surface area contributed by atoms with Crippen molar-refractivity contribution in [1.82, 2.24) is 0 Å². The zero-order chi connectivity index (χ0) is 50.8. The standard InChI is InChI=1S/C71H69BOSi/c1-8-19-58(20-18-35-74(61-21-12-9-13-22-61,62-23-14-10-15-24-62)63-25-16-11-17-26-63)70-43-54-40-55(44-70)46-71(45-54,47-70)59-30-27-56(28-31-59)57-29-33-66-64(41-57)65-42-60(32-34-67(65)73-66)72(68-50(4)36-48(2)37-51(68)5)69-52(6)38-49(3)39-53(69)7/h8-34,36-39,41-42,54-55H,1,35,40,43-47H2,2-7H3/b20-18-,58-19+. The molecular weight excluding hydrogens is 908 g/mol. The maximum atomic E-state index is 6.61. The van der Waals surface area contributed by atoms with E-state index in [4.69, 9.17) is 4.42 Å². The highest BCUT2D eigenvalue weighted by Gasteiger charge is 2.59. The lowest BCUT2D eigenvalue weighted by Gasteiger charge is -2.63. The van der Waals surface area contributed by atoms with Crippen molar-refractivity contribution in [2.75, 3.05) is 0 Å². The van der Waals surface area contributed by atoms with E-state index in [0.29, 0.717) is 0 Å². The van der Waals surface area contributed by atoms with Gasteiger partial charge in [0.05, 0.1) is 0 Å². The summed E-state index contributed by atoms with van der Waals surface area (Å²) in [4.78, 5) is 0. The molecule has 1 aromatic heterocycles. The Bertz CT molecular complexity index is 3420. The van der Waals surface area contributed by atoms with Crippen molar-refractivity contribution < 1.29 is 4.42 Å². The van der Waals surface area contributed by atoms with Gasteiger partial charge in [-0.3, -0.25) is 0 Å². The Morgan fingerprint density at radius 1 is 0.568 bits per heavy atom. The normalized spacial score (nSPS) is 20.5. The first-order valence-electron chi connectivity index (χ1n) is 27.3. The first-order valence-corrected chi connectivity index (χ1v) is 29.6. The zero-order valence-electron chi connectivity index (χ0n) is 44.3. The van der Waals surface area contributed by atoms with Crippen LogP contribution in [0.25, 0.3) is 33.1 Å². The van der Waals surface area contributed by atoms with Crippen molar-refractivity contribution in [3.05, 3.63) is 251 Å². The summed E-state index contributed by atoms with van der Waals surface area (Å²) in [6.45, 7) is 18.0. The average Bonchev–Trinajstić information content (AvgIpc) is 3.76. The molecule has 0 aliphatic heterocycles. The van der Waals surface area contributed by atoms with Gasteiger partial charge in [0.1, 0.15) is 11.2 Å². The smallest absolute Gasteiger partial charge is 0.242 e. The number of fused-ring (bicyclic) bond motifs is 3. The van der Waals surface area contributed by atoms with Crippen LogP contribution in [0.4, 0.5) is 0 Å². The van der Waals surface area contributed by atoms with Crippen LogP contribution in [0, 0.1) is 58.8 Å². The fraction of sp³-hybridized carbons (Fsp3) is 0.239. The molecule has 366 valence electrons. The quantitative estimate of drug-likeness (QED) is 0.0637. The van der Waals surface area contributed by atoms with E-state index in [0.717, 1.165) is 29.0 Å². The summed E-state index contributed by atoms with van der Waals surface area (Å²) < 4.78 is 6.61. The van der Waals surface area contributed by atoms with Crippen molar-refractivity contribution in [2.24, 2.45) is 17.3 Å². The summed E-state index contributed by atoms with van der Waals surface area (Å²) in [6.07, 6.45) is 17.3. The monoisotopic (exact) mass is 977 g/mol. The number of hydrogen-bond acceptors (Lipinski definition) is 1. The maximum absolute atomic E-state index is 6.61. The highest BCUT2D eigenvalue weighted by Crippen LogP contribution is 2.68. The fourth-order valence-corrected chi connectivity index (χ4v) is 20.3. The van der Waals surface area contributed by atoms with Crippen molar-refractivity contribution in [1.29, 1.82) is 0 Å². The molecule has 4 saturated carbocycles. The summed E-state index contributed by atoms with van der Waals surface area (Å²) in [6, 6.07) is 68.1. The second-order valence-corrected chi connectivity index (χ2v) is 27.1. The molecule has 1 nitrogen and oxygen atoms in total. The van der Waals surface area contributed by atoms with Gasteiger partial charge in [0.15, 0.2) is 8.07 Å². The molecule has 0 amide bonds. The zero-order valence-corrected chi connectivity index (χ0v) is 45.3. The summed E-state index contributed by atoms with van der Waals surface area (Å²) >= 11 is 0. The first kappa shape index (κ1) is 48.0. The Morgan fingerprint density at radius 3 is 1.57 bits per heavy atom. The van der Waals surface area contributed by atoms with E-state index in [1.807, 2.05) is 0 Å². The molecule has 4 aliphatic rings.